The molecule has 0 saturated heterocycles. The third kappa shape index (κ3) is 2.06. The van der Waals surface area contributed by atoms with Crippen molar-refractivity contribution in [3.05, 3.63) is 35.1 Å². The number of nitrogens with zero attached hydrogens (tertiary/aromatic N) is 2. The number of allylic oxidation sites excluding steroid dienone is 1. The van der Waals surface area contributed by atoms with Crippen LogP contribution in [-0.2, 0) is 0 Å². The molecule has 0 saturated carbocycles. The van der Waals surface area contributed by atoms with Crippen LogP contribution in [0.5, 0.6) is 0 Å². The van der Waals surface area contributed by atoms with E-state index >= 15 is 0 Å². The number of hydrogen-bond donors (Lipinski definition) is 0. The Morgan fingerprint density at radius 3 is 3.09 bits per heavy atom. The first-order valence-electron chi connectivity index (χ1n) is 3.01. The van der Waals surface area contributed by atoms with Gasteiger partial charge >= 0.3 is 0 Å². The maximum absolute atomic E-state index is 8.22. The highest BCUT2D eigenvalue weighted by atomic mass is 35.5. The van der Waals surface area contributed by atoms with Crippen molar-refractivity contribution in [2.24, 2.45) is 0 Å². The summed E-state index contributed by atoms with van der Waals surface area (Å²) in [6, 6.07) is 5.44. The molecule has 0 radical (unpaired) electrons. The van der Waals surface area contributed by atoms with Gasteiger partial charge in [0, 0.05) is 17.8 Å². The van der Waals surface area contributed by atoms with E-state index in [1.165, 1.54) is 6.08 Å². The van der Waals surface area contributed by atoms with Crippen LogP contribution in [0, 0.1) is 11.3 Å². The van der Waals surface area contributed by atoms with Gasteiger partial charge in [-0.2, -0.15) is 5.26 Å². The average Bonchev–Trinajstić information content (AvgIpc) is 2.03. The molecule has 0 bridgehead atoms. The molecule has 1 heterocycles. The molecule has 0 fully saturated rings. The number of halogens is 1. The third-order valence-corrected chi connectivity index (χ3v) is 1.44. The average molecular weight is 165 g/mol. The number of rotatable bonds is 1. The van der Waals surface area contributed by atoms with Crippen LogP contribution in [0.3, 0.4) is 0 Å². The normalized spacial score (nSPS) is 9.82. The lowest BCUT2D eigenvalue weighted by atomic mass is 10.3. The molecule has 54 valence electrons. The highest BCUT2D eigenvalue weighted by molar-refractivity contribution is 6.30. The molecule has 0 aliphatic carbocycles. The summed E-state index contributed by atoms with van der Waals surface area (Å²) in [6.07, 6.45) is 4.59. The van der Waals surface area contributed by atoms with Crippen molar-refractivity contribution in [2.75, 3.05) is 0 Å². The predicted octanol–water partition coefficient (Wildman–Crippen LogP) is 2.27. The van der Waals surface area contributed by atoms with E-state index in [1.54, 1.807) is 24.4 Å². The molecule has 0 aromatic carbocycles. The van der Waals surface area contributed by atoms with Crippen molar-refractivity contribution >= 4 is 17.7 Å². The topological polar surface area (TPSA) is 36.7 Å². The molecule has 0 N–H and O–H groups in total. The first-order chi connectivity index (χ1) is 5.34. The molecular weight excluding hydrogens is 160 g/mol. The summed E-state index contributed by atoms with van der Waals surface area (Å²) in [6.45, 7) is 0. The first kappa shape index (κ1) is 7.77. The molecule has 0 aliphatic rings. The Kier molecular flexibility index (Phi) is 2.65. The van der Waals surface area contributed by atoms with Crippen LogP contribution in [0.1, 0.15) is 5.56 Å². The minimum Gasteiger partial charge on any atom is -0.244 e. The Morgan fingerprint density at radius 1 is 1.64 bits per heavy atom. The SMILES string of the molecule is N#C/C=C/c1cccnc1Cl. The zero-order valence-corrected chi connectivity index (χ0v) is 6.42. The molecule has 1 aromatic heterocycles. The molecule has 1 aromatic rings. The molecule has 0 amide bonds. The summed E-state index contributed by atoms with van der Waals surface area (Å²) in [5.41, 5.74) is 0.760. The molecule has 0 atom stereocenters. The van der Waals surface area contributed by atoms with Crippen molar-refractivity contribution < 1.29 is 0 Å². The van der Waals surface area contributed by atoms with Gasteiger partial charge in [0.25, 0.3) is 0 Å². The van der Waals surface area contributed by atoms with E-state index in [9.17, 15) is 0 Å². The summed E-state index contributed by atoms with van der Waals surface area (Å²) in [5.74, 6) is 0. The minimum absolute atomic E-state index is 0.416. The van der Waals surface area contributed by atoms with E-state index in [2.05, 4.69) is 4.98 Å². The van der Waals surface area contributed by atoms with Crippen LogP contribution >= 0.6 is 11.6 Å². The fourth-order valence-corrected chi connectivity index (χ4v) is 0.832. The molecule has 1 rings (SSSR count). The van der Waals surface area contributed by atoms with Gasteiger partial charge in [-0.3, -0.25) is 0 Å². The van der Waals surface area contributed by atoms with Crippen LogP contribution in [0.25, 0.3) is 6.08 Å². The second-order valence-electron chi connectivity index (χ2n) is 1.85. The fourth-order valence-electron chi connectivity index (χ4n) is 0.650. The predicted molar refractivity (Wildman–Crippen MR) is 43.9 cm³/mol. The van der Waals surface area contributed by atoms with E-state index in [4.69, 9.17) is 16.9 Å². The Hall–Kier alpha value is -1.33. The summed E-state index contributed by atoms with van der Waals surface area (Å²) in [5, 5.41) is 8.63. The van der Waals surface area contributed by atoms with Crippen molar-refractivity contribution in [1.82, 2.24) is 4.98 Å². The maximum atomic E-state index is 8.22. The monoisotopic (exact) mass is 164 g/mol. The lowest BCUT2D eigenvalue weighted by molar-refractivity contribution is 1.32. The standard InChI is InChI=1S/C8H5ClN2/c9-8-7(3-1-5-10)4-2-6-11-8/h1-4,6H/b3-1+. The number of hydrogen-bond acceptors (Lipinski definition) is 2. The molecular formula is C8H5ClN2. The van der Waals surface area contributed by atoms with E-state index in [-0.39, 0.29) is 0 Å². The minimum atomic E-state index is 0.416. The number of aromatic nitrogens is 1. The summed E-state index contributed by atoms with van der Waals surface area (Å²) < 4.78 is 0. The summed E-state index contributed by atoms with van der Waals surface area (Å²) >= 11 is 5.69. The van der Waals surface area contributed by atoms with Crippen LogP contribution in [0.2, 0.25) is 5.15 Å². The lowest BCUT2D eigenvalue weighted by Gasteiger charge is -1.92. The highest BCUT2D eigenvalue weighted by Gasteiger charge is 1.92. The zero-order chi connectivity index (χ0) is 8.10. The van der Waals surface area contributed by atoms with Gasteiger partial charge in [0.2, 0.25) is 0 Å². The largest absolute Gasteiger partial charge is 0.244 e. The second kappa shape index (κ2) is 3.75. The second-order valence-corrected chi connectivity index (χ2v) is 2.20. The summed E-state index contributed by atoms with van der Waals surface area (Å²) in [4.78, 5) is 3.84. The van der Waals surface area contributed by atoms with Crippen molar-refractivity contribution in [1.29, 1.82) is 5.26 Å². The Bertz CT molecular complexity index is 312. The molecule has 0 spiro atoms. The van der Waals surface area contributed by atoms with E-state index in [0.29, 0.717) is 5.15 Å². The zero-order valence-electron chi connectivity index (χ0n) is 5.66. The molecule has 0 aliphatic heterocycles. The lowest BCUT2D eigenvalue weighted by Crippen LogP contribution is -1.77. The van der Waals surface area contributed by atoms with Crippen LogP contribution < -0.4 is 0 Å². The van der Waals surface area contributed by atoms with Crippen LogP contribution in [0.15, 0.2) is 24.4 Å². The highest BCUT2D eigenvalue weighted by Crippen LogP contribution is 2.12. The maximum Gasteiger partial charge on any atom is 0.136 e. The molecule has 11 heavy (non-hydrogen) atoms. The van der Waals surface area contributed by atoms with Crippen molar-refractivity contribution in [2.45, 2.75) is 0 Å². The van der Waals surface area contributed by atoms with Gasteiger partial charge in [0.15, 0.2) is 0 Å². The fraction of sp³-hybridized carbons (Fsp3) is 0. The smallest absolute Gasteiger partial charge is 0.136 e. The molecule has 2 nitrogen and oxygen atoms in total. The van der Waals surface area contributed by atoms with Gasteiger partial charge in [0.1, 0.15) is 5.15 Å². The Labute approximate surface area is 69.8 Å². The van der Waals surface area contributed by atoms with Crippen molar-refractivity contribution in [3.63, 3.8) is 0 Å². The number of pyridine rings is 1. The van der Waals surface area contributed by atoms with Crippen LogP contribution in [0.4, 0.5) is 0 Å². The van der Waals surface area contributed by atoms with E-state index in [0.717, 1.165) is 5.56 Å². The Morgan fingerprint density at radius 2 is 2.45 bits per heavy atom. The van der Waals surface area contributed by atoms with Crippen LogP contribution in [-0.4, -0.2) is 4.98 Å². The summed E-state index contributed by atoms with van der Waals surface area (Å²) in [7, 11) is 0. The molecule has 3 heteroatoms. The number of nitriles is 1. The van der Waals surface area contributed by atoms with Gasteiger partial charge in [-0.15, -0.1) is 0 Å². The van der Waals surface area contributed by atoms with Gasteiger partial charge < -0.3 is 0 Å². The van der Waals surface area contributed by atoms with E-state index < -0.39 is 0 Å². The van der Waals surface area contributed by atoms with Gasteiger partial charge in [-0.25, -0.2) is 4.98 Å². The van der Waals surface area contributed by atoms with Gasteiger partial charge in [-0.1, -0.05) is 17.7 Å². The first-order valence-corrected chi connectivity index (χ1v) is 3.39. The van der Waals surface area contributed by atoms with E-state index in [1.807, 2.05) is 6.07 Å². The Balaban J connectivity index is 2.97. The van der Waals surface area contributed by atoms with Gasteiger partial charge in [0.05, 0.1) is 6.07 Å². The quantitative estimate of drug-likeness (QED) is 0.472. The molecule has 0 unspecified atom stereocenters. The van der Waals surface area contributed by atoms with Gasteiger partial charge in [-0.05, 0) is 12.1 Å². The third-order valence-electron chi connectivity index (χ3n) is 1.13. The van der Waals surface area contributed by atoms with Crippen molar-refractivity contribution in [3.8, 4) is 6.07 Å².